The van der Waals surface area contributed by atoms with Crippen molar-refractivity contribution in [1.29, 1.82) is 0 Å². The molecule has 0 fully saturated rings. The molecule has 1 atom stereocenters. The van der Waals surface area contributed by atoms with Crippen molar-refractivity contribution in [2.24, 2.45) is 0 Å². The van der Waals surface area contributed by atoms with Crippen LogP contribution in [0.1, 0.15) is 24.8 Å². The Morgan fingerprint density at radius 1 is 1.41 bits per heavy atom. The fraction of sp³-hybridized carbons (Fsp3) is 0.364. The first-order valence-corrected chi connectivity index (χ1v) is 6.13. The molecule has 1 N–H and O–H groups in total. The Morgan fingerprint density at radius 3 is 2.94 bits per heavy atom. The van der Waals surface area contributed by atoms with Crippen molar-refractivity contribution in [3.63, 3.8) is 0 Å². The molecule has 0 saturated carbocycles. The fourth-order valence-electron chi connectivity index (χ4n) is 2.17. The standard InChI is InChI=1S/C11H10Cl2N2O2/c12-8-5-4-7(17-8)11-14-10(13)6-2-1-3-9(16)15(6)11/h4-5,9,16H,1-3H2. The number of aliphatic hydroxyl groups excluding tert-OH is 1. The van der Waals surface area contributed by atoms with E-state index in [9.17, 15) is 5.11 Å². The Morgan fingerprint density at radius 2 is 2.24 bits per heavy atom. The van der Waals surface area contributed by atoms with E-state index in [0.29, 0.717) is 28.4 Å². The molecule has 0 radical (unpaired) electrons. The van der Waals surface area contributed by atoms with Gasteiger partial charge in [-0.1, -0.05) is 11.6 Å². The molecule has 0 saturated heterocycles. The van der Waals surface area contributed by atoms with E-state index >= 15 is 0 Å². The molecule has 0 amide bonds. The van der Waals surface area contributed by atoms with Gasteiger partial charge in [0.1, 0.15) is 6.23 Å². The van der Waals surface area contributed by atoms with E-state index in [-0.39, 0.29) is 0 Å². The third-order valence-electron chi connectivity index (χ3n) is 2.93. The van der Waals surface area contributed by atoms with Crippen LogP contribution >= 0.6 is 23.2 Å². The molecule has 0 spiro atoms. The van der Waals surface area contributed by atoms with Gasteiger partial charge in [0, 0.05) is 0 Å². The highest BCUT2D eigenvalue weighted by Crippen LogP contribution is 2.35. The van der Waals surface area contributed by atoms with Gasteiger partial charge in [0.15, 0.2) is 22.0 Å². The number of hydrogen-bond acceptors (Lipinski definition) is 3. The van der Waals surface area contributed by atoms with Crippen LogP contribution in [0.3, 0.4) is 0 Å². The van der Waals surface area contributed by atoms with Gasteiger partial charge < -0.3 is 9.52 Å². The Balaban J connectivity index is 2.18. The van der Waals surface area contributed by atoms with Crippen LogP contribution in [0, 0.1) is 0 Å². The summed E-state index contributed by atoms with van der Waals surface area (Å²) in [4.78, 5) is 4.24. The molecule has 3 rings (SSSR count). The van der Waals surface area contributed by atoms with Gasteiger partial charge in [0.2, 0.25) is 0 Å². The molecule has 0 aromatic carbocycles. The summed E-state index contributed by atoms with van der Waals surface area (Å²) < 4.78 is 7.03. The van der Waals surface area contributed by atoms with Gasteiger partial charge in [0.25, 0.3) is 0 Å². The van der Waals surface area contributed by atoms with Gasteiger partial charge in [-0.25, -0.2) is 4.98 Å². The Bertz CT molecular complexity index is 562. The average Bonchev–Trinajstić information content (AvgIpc) is 2.85. The van der Waals surface area contributed by atoms with Crippen LogP contribution in [0.2, 0.25) is 10.4 Å². The number of hydrogen-bond donors (Lipinski definition) is 1. The van der Waals surface area contributed by atoms with Gasteiger partial charge in [-0.15, -0.1) is 0 Å². The van der Waals surface area contributed by atoms with Crippen molar-refractivity contribution in [2.45, 2.75) is 25.5 Å². The number of aromatic nitrogens is 2. The third kappa shape index (κ3) is 1.76. The maximum atomic E-state index is 10.0. The number of rotatable bonds is 1. The smallest absolute Gasteiger partial charge is 0.194 e. The molecule has 17 heavy (non-hydrogen) atoms. The highest BCUT2D eigenvalue weighted by Gasteiger charge is 2.26. The SMILES string of the molecule is OC1CCCc2c(Cl)nc(-c3ccc(Cl)o3)n21. The Hall–Kier alpha value is -0.970. The molecule has 0 aliphatic carbocycles. The fourth-order valence-corrected chi connectivity index (χ4v) is 2.58. The number of fused-ring (bicyclic) bond motifs is 1. The monoisotopic (exact) mass is 272 g/mol. The second kappa shape index (κ2) is 4.05. The van der Waals surface area contributed by atoms with Crippen LogP contribution in [0.5, 0.6) is 0 Å². The average molecular weight is 273 g/mol. The molecule has 6 heteroatoms. The predicted molar refractivity (Wildman–Crippen MR) is 64.1 cm³/mol. The molecule has 2 aromatic heterocycles. The zero-order valence-corrected chi connectivity index (χ0v) is 10.4. The van der Waals surface area contributed by atoms with Crippen LogP contribution in [0.15, 0.2) is 16.5 Å². The van der Waals surface area contributed by atoms with Crippen LogP contribution in [-0.2, 0) is 6.42 Å². The van der Waals surface area contributed by atoms with Crippen molar-refractivity contribution in [3.8, 4) is 11.6 Å². The molecule has 3 heterocycles. The van der Waals surface area contributed by atoms with E-state index in [4.69, 9.17) is 27.6 Å². The van der Waals surface area contributed by atoms with Gasteiger partial charge >= 0.3 is 0 Å². The molecule has 1 aliphatic heterocycles. The normalized spacial score (nSPS) is 19.4. The largest absolute Gasteiger partial charge is 0.441 e. The van der Waals surface area contributed by atoms with Gasteiger partial charge in [-0.3, -0.25) is 4.57 Å². The number of imidazole rings is 1. The summed E-state index contributed by atoms with van der Waals surface area (Å²) in [5.41, 5.74) is 0.855. The summed E-state index contributed by atoms with van der Waals surface area (Å²) in [6.45, 7) is 0. The van der Waals surface area contributed by atoms with Gasteiger partial charge in [-0.2, -0.15) is 0 Å². The van der Waals surface area contributed by atoms with Gasteiger partial charge in [-0.05, 0) is 43.0 Å². The number of nitrogens with zero attached hydrogens (tertiary/aromatic N) is 2. The van der Waals surface area contributed by atoms with Crippen molar-refractivity contribution in [2.75, 3.05) is 0 Å². The van der Waals surface area contributed by atoms with Crippen molar-refractivity contribution in [3.05, 3.63) is 28.2 Å². The zero-order valence-electron chi connectivity index (χ0n) is 8.86. The minimum Gasteiger partial charge on any atom is -0.441 e. The summed E-state index contributed by atoms with van der Waals surface area (Å²) >= 11 is 11.8. The van der Waals surface area contributed by atoms with E-state index in [1.807, 2.05) is 0 Å². The highest BCUT2D eigenvalue weighted by molar-refractivity contribution is 6.30. The quantitative estimate of drug-likeness (QED) is 0.867. The molecule has 2 aromatic rings. The molecule has 90 valence electrons. The second-order valence-corrected chi connectivity index (χ2v) is 4.75. The topological polar surface area (TPSA) is 51.2 Å². The molecule has 1 unspecified atom stereocenters. The van der Waals surface area contributed by atoms with Crippen LogP contribution < -0.4 is 0 Å². The van der Waals surface area contributed by atoms with Gasteiger partial charge in [0.05, 0.1) is 5.69 Å². The lowest BCUT2D eigenvalue weighted by Gasteiger charge is -2.22. The molecular formula is C11H10Cl2N2O2. The third-order valence-corrected chi connectivity index (χ3v) is 3.43. The van der Waals surface area contributed by atoms with E-state index in [0.717, 1.165) is 18.5 Å². The molecule has 1 aliphatic rings. The first-order chi connectivity index (χ1) is 8.16. The van der Waals surface area contributed by atoms with Crippen LogP contribution in [-0.4, -0.2) is 14.7 Å². The van der Waals surface area contributed by atoms with E-state index in [1.165, 1.54) is 0 Å². The summed E-state index contributed by atoms with van der Waals surface area (Å²) in [6, 6.07) is 3.36. The van der Waals surface area contributed by atoms with E-state index in [1.54, 1.807) is 16.7 Å². The number of halogens is 2. The maximum Gasteiger partial charge on any atom is 0.194 e. The summed E-state index contributed by atoms with van der Waals surface area (Å²) in [5.74, 6) is 1.05. The summed E-state index contributed by atoms with van der Waals surface area (Å²) in [6.07, 6.45) is 1.82. The highest BCUT2D eigenvalue weighted by atomic mass is 35.5. The lowest BCUT2D eigenvalue weighted by molar-refractivity contribution is 0.0803. The minimum atomic E-state index is -0.599. The molecular weight excluding hydrogens is 263 g/mol. The Kier molecular flexibility index (Phi) is 2.65. The first kappa shape index (κ1) is 11.1. The Labute approximate surface area is 108 Å². The lowest BCUT2D eigenvalue weighted by Crippen LogP contribution is -2.17. The zero-order chi connectivity index (χ0) is 12.0. The maximum absolute atomic E-state index is 10.0. The van der Waals surface area contributed by atoms with Crippen molar-refractivity contribution in [1.82, 2.24) is 9.55 Å². The first-order valence-electron chi connectivity index (χ1n) is 5.37. The summed E-state index contributed by atoms with van der Waals surface area (Å²) in [5, 5.41) is 10.7. The summed E-state index contributed by atoms with van der Waals surface area (Å²) in [7, 11) is 0. The lowest BCUT2D eigenvalue weighted by atomic mass is 10.1. The second-order valence-electron chi connectivity index (χ2n) is 4.02. The van der Waals surface area contributed by atoms with Crippen molar-refractivity contribution < 1.29 is 9.52 Å². The minimum absolute atomic E-state index is 0.291. The molecule has 4 nitrogen and oxygen atoms in total. The van der Waals surface area contributed by atoms with Crippen LogP contribution in [0.25, 0.3) is 11.6 Å². The number of aliphatic hydroxyl groups is 1. The van der Waals surface area contributed by atoms with Crippen LogP contribution in [0.4, 0.5) is 0 Å². The van der Waals surface area contributed by atoms with E-state index in [2.05, 4.69) is 4.98 Å². The van der Waals surface area contributed by atoms with E-state index < -0.39 is 6.23 Å². The number of furan rings is 1. The molecule has 0 bridgehead atoms. The van der Waals surface area contributed by atoms with Crippen molar-refractivity contribution >= 4 is 23.2 Å². The predicted octanol–water partition coefficient (Wildman–Crippen LogP) is 3.28.